The average Bonchev–Trinajstić information content (AvgIpc) is 3.12. The Balaban J connectivity index is 1.54. The maximum Gasteiger partial charge on any atom is 0.319 e. The molecule has 1 aromatic carbocycles. The van der Waals surface area contributed by atoms with E-state index < -0.39 is 26.9 Å². The molecule has 2 amide bonds. The third-order valence-corrected chi connectivity index (χ3v) is 9.51. The van der Waals surface area contributed by atoms with Crippen molar-refractivity contribution in [2.45, 2.75) is 55.2 Å². The number of anilines is 1. The van der Waals surface area contributed by atoms with Crippen molar-refractivity contribution in [3.8, 4) is 5.75 Å². The molecule has 11 heteroatoms. The zero-order chi connectivity index (χ0) is 22.2. The number of amides is 2. The van der Waals surface area contributed by atoms with Gasteiger partial charge in [0, 0.05) is 4.88 Å². The number of piperidine rings is 1. The molecule has 2 heterocycles. The fourth-order valence-electron chi connectivity index (χ4n) is 4.19. The van der Waals surface area contributed by atoms with Crippen LogP contribution in [-0.4, -0.2) is 42.9 Å². The van der Waals surface area contributed by atoms with Gasteiger partial charge in [0.1, 0.15) is 4.90 Å². The van der Waals surface area contributed by atoms with E-state index in [2.05, 4.69) is 20.9 Å². The summed E-state index contributed by atoms with van der Waals surface area (Å²) in [6.07, 6.45) is 3.55. The minimum absolute atomic E-state index is 0.0000919. The number of carbonyl (C=O) groups is 1. The number of thiazole rings is 1. The molecule has 0 spiro atoms. The van der Waals surface area contributed by atoms with Crippen LogP contribution in [0.2, 0.25) is 5.02 Å². The van der Waals surface area contributed by atoms with Crippen molar-refractivity contribution in [3.63, 3.8) is 0 Å². The highest BCUT2D eigenvalue weighted by atomic mass is 35.5. The van der Waals surface area contributed by atoms with Gasteiger partial charge in [0.25, 0.3) is 0 Å². The van der Waals surface area contributed by atoms with Crippen LogP contribution in [0.3, 0.4) is 0 Å². The summed E-state index contributed by atoms with van der Waals surface area (Å²) in [6.45, 7) is 3.11. The highest BCUT2D eigenvalue weighted by Gasteiger charge is 2.34. The second-order valence-corrected chi connectivity index (χ2v) is 11.7. The minimum atomic E-state index is -3.85. The van der Waals surface area contributed by atoms with E-state index in [0.29, 0.717) is 25.9 Å². The van der Waals surface area contributed by atoms with E-state index in [9.17, 15) is 18.3 Å². The van der Waals surface area contributed by atoms with Crippen LogP contribution < -0.4 is 16.0 Å². The number of sulfone groups is 1. The number of hydrogen-bond acceptors (Lipinski definition) is 7. The Hall–Kier alpha value is -1.88. The van der Waals surface area contributed by atoms with Crippen LogP contribution in [0.5, 0.6) is 5.75 Å². The quantitative estimate of drug-likeness (QED) is 0.492. The molecule has 1 aromatic heterocycles. The van der Waals surface area contributed by atoms with Crippen LogP contribution in [-0.2, 0) is 16.3 Å². The number of hydrogen-bond donors (Lipinski definition) is 4. The van der Waals surface area contributed by atoms with Gasteiger partial charge in [0.15, 0.2) is 15.6 Å². The predicted octanol–water partition coefficient (Wildman–Crippen LogP) is 3.54. The molecule has 0 saturated carbocycles. The molecular weight excluding hydrogens is 460 g/mol. The van der Waals surface area contributed by atoms with Gasteiger partial charge in [0.05, 0.1) is 32.7 Å². The zero-order valence-corrected chi connectivity index (χ0v) is 19.5. The smallest absolute Gasteiger partial charge is 0.319 e. The first-order valence-corrected chi connectivity index (χ1v) is 13.0. The van der Waals surface area contributed by atoms with E-state index in [1.165, 1.54) is 17.0 Å². The molecule has 1 atom stereocenters. The molecule has 4 N–H and O–H groups in total. The molecule has 1 aliphatic heterocycles. The van der Waals surface area contributed by atoms with Crippen molar-refractivity contribution >= 4 is 44.5 Å². The summed E-state index contributed by atoms with van der Waals surface area (Å²) >= 11 is 7.80. The van der Waals surface area contributed by atoms with Crippen LogP contribution in [0.4, 0.5) is 10.5 Å². The summed E-state index contributed by atoms with van der Waals surface area (Å²) in [5, 5.41) is 19.6. The average molecular weight is 485 g/mol. The Bertz CT molecular complexity index is 1100. The van der Waals surface area contributed by atoms with Gasteiger partial charge in [-0.15, -0.1) is 11.3 Å². The molecule has 0 bridgehead atoms. The molecule has 1 aliphatic carbocycles. The van der Waals surface area contributed by atoms with Crippen molar-refractivity contribution in [2.75, 3.05) is 18.4 Å². The number of aromatic nitrogens is 1. The maximum atomic E-state index is 13.1. The van der Waals surface area contributed by atoms with Gasteiger partial charge < -0.3 is 21.1 Å². The van der Waals surface area contributed by atoms with Crippen LogP contribution >= 0.6 is 22.9 Å². The van der Waals surface area contributed by atoms with Gasteiger partial charge in [-0.1, -0.05) is 11.6 Å². The number of aryl methyl sites for hydroxylation is 2. The molecule has 2 aliphatic rings. The molecule has 2 aromatic rings. The number of rotatable bonds is 4. The summed E-state index contributed by atoms with van der Waals surface area (Å²) in [5.41, 5.74) is 0.887. The zero-order valence-electron chi connectivity index (χ0n) is 17.1. The van der Waals surface area contributed by atoms with Gasteiger partial charge in [-0.2, -0.15) is 0 Å². The second-order valence-electron chi connectivity index (χ2n) is 7.85. The van der Waals surface area contributed by atoms with E-state index in [0.717, 1.165) is 30.0 Å². The lowest BCUT2D eigenvalue weighted by atomic mass is 9.98. The second kappa shape index (κ2) is 8.93. The van der Waals surface area contributed by atoms with Gasteiger partial charge >= 0.3 is 6.03 Å². The molecule has 1 unspecified atom stereocenters. The summed E-state index contributed by atoms with van der Waals surface area (Å²) in [4.78, 5) is 18.0. The Morgan fingerprint density at radius 2 is 2.03 bits per heavy atom. The maximum absolute atomic E-state index is 13.1. The third-order valence-electron chi connectivity index (χ3n) is 5.71. The van der Waals surface area contributed by atoms with Gasteiger partial charge in [0.2, 0.25) is 0 Å². The minimum Gasteiger partial charge on any atom is -0.504 e. The Labute approximate surface area is 190 Å². The summed E-state index contributed by atoms with van der Waals surface area (Å²) in [5.74, 6) is -0.532. The molecule has 8 nitrogen and oxygen atoms in total. The third kappa shape index (κ3) is 4.52. The van der Waals surface area contributed by atoms with Crippen LogP contribution in [0.15, 0.2) is 17.0 Å². The lowest BCUT2D eigenvalue weighted by Gasteiger charge is -2.24. The lowest BCUT2D eigenvalue weighted by Crippen LogP contribution is -2.36. The van der Waals surface area contributed by atoms with E-state index >= 15 is 0 Å². The van der Waals surface area contributed by atoms with Crippen LogP contribution in [0.1, 0.15) is 47.3 Å². The normalized spacial score (nSPS) is 19.6. The van der Waals surface area contributed by atoms with E-state index in [1.807, 2.05) is 6.92 Å². The highest BCUT2D eigenvalue weighted by molar-refractivity contribution is 7.92. The van der Waals surface area contributed by atoms with Crippen molar-refractivity contribution in [1.29, 1.82) is 0 Å². The van der Waals surface area contributed by atoms with Gasteiger partial charge in [-0.25, -0.2) is 18.2 Å². The molecule has 0 radical (unpaired) electrons. The molecular formula is C20H25ClN4O4S2. The summed E-state index contributed by atoms with van der Waals surface area (Å²) in [6, 6.07) is 2.03. The molecule has 168 valence electrons. The Kier molecular flexibility index (Phi) is 6.43. The molecule has 31 heavy (non-hydrogen) atoms. The Morgan fingerprint density at radius 1 is 1.29 bits per heavy atom. The number of phenolic OH excluding ortho intramolecular Hbond substituents is 1. The van der Waals surface area contributed by atoms with Crippen molar-refractivity contribution in [3.05, 3.63) is 32.7 Å². The van der Waals surface area contributed by atoms with E-state index in [-0.39, 0.29) is 21.6 Å². The lowest BCUT2D eigenvalue weighted by molar-refractivity contribution is 0.246. The number of nitrogens with one attached hydrogen (secondary N) is 3. The number of fused-ring (bicyclic) bond motifs is 1. The van der Waals surface area contributed by atoms with Crippen molar-refractivity contribution in [2.24, 2.45) is 0 Å². The first-order valence-electron chi connectivity index (χ1n) is 10.3. The fourth-order valence-corrected chi connectivity index (χ4v) is 7.61. The number of urea groups is 1. The topological polar surface area (TPSA) is 120 Å². The number of carbonyl (C=O) groups excluding carboxylic acids is 1. The van der Waals surface area contributed by atoms with Gasteiger partial charge in [-0.3, -0.25) is 0 Å². The van der Waals surface area contributed by atoms with E-state index in [4.69, 9.17) is 11.6 Å². The van der Waals surface area contributed by atoms with Crippen molar-refractivity contribution < 1.29 is 18.3 Å². The number of nitrogens with zero attached hydrogens (tertiary/aromatic N) is 1. The molecule has 1 saturated heterocycles. The van der Waals surface area contributed by atoms with Crippen LogP contribution in [0.25, 0.3) is 0 Å². The Morgan fingerprint density at radius 3 is 2.77 bits per heavy atom. The first kappa shape index (κ1) is 22.3. The summed E-state index contributed by atoms with van der Waals surface area (Å²) in [7, 11) is -3.85. The van der Waals surface area contributed by atoms with Gasteiger partial charge in [-0.05, 0) is 64.3 Å². The first-order chi connectivity index (χ1) is 14.8. The van der Waals surface area contributed by atoms with E-state index in [1.54, 1.807) is 11.3 Å². The number of halogens is 1. The monoisotopic (exact) mass is 484 g/mol. The molecule has 4 rings (SSSR count). The van der Waals surface area contributed by atoms with Crippen molar-refractivity contribution in [1.82, 2.24) is 15.6 Å². The fraction of sp³-hybridized carbons (Fsp3) is 0.500. The molecule has 1 fully saturated rings. The number of benzene rings is 1. The predicted molar refractivity (Wildman–Crippen MR) is 121 cm³/mol. The SMILES string of the molecule is Cc1nc2c(s1)CCCC2NC(=O)Nc1ccc(Cl)c(S(=O)(=O)C2CCNCC2)c1O. The largest absolute Gasteiger partial charge is 0.504 e. The highest BCUT2D eigenvalue weighted by Crippen LogP contribution is 2.40. The summed E-state index contributed by atoms with van der Waals surface area (Å²) < 4.78 is 26.2. The standard InChI is InChI=1S/C20H25ClN4O4S2/c1-11-23-17-14(3-2-4-16(17)30-11)24-20(27)25-15-6-5-13(21)19(18(15)26)31(28,29)12-7-9-22-10-8-12/h5-6,12,14,22,26H,2-4,7-10H2,1H3,(H2,24,25,27). The van der Waals surface area contributed by atoms with Crippen LogP contribution in [0, 0.1) is 6.92 Å². The number of aromatic hydroxyl groups is 1. The number of phenols is 1.